The van der Waals surface area contributed by atoms with E-state index in [1.807, 2.05) is 18.2 Å². The molecule has 8 heteroatoms. The van der Waals surface area contributed by atoms with E-state index in [0.717, 1.165) is 6.42 Å². The van der Waals surface area contributed by atoms with E-state index >= 15 is 0 Å². The molecule has 8 nitrogen and oxygen atoms in total. The van der Waals surface area contributed by atoms with Gasteiger partial charge in [0.15, 0.2) is 0 Å². The highest BCUT2D eigenvalue weighted by atomic mass is 16.6. The van der Waals surface area contributed by atoms with Gasteiger partial charge in [-0.15, -0.1) is 0 Å². The number of benzene rings is 1. The molecular formula is C23H40O8. The summed E-state index contributed by atoms with van der Waals surface area (Å²) >= 11 is 0. The molecule has 0 radical (unpaired) electrons. The van der Waals surface area contributed by atoms with Crippen LogP contribution in [0.15, 0.2) is 30.3 Å². The van der Waals surface area contributed by atoms with Gasteiger partial charge in [0.2, 0.25) is 0 Å². The Kier molecular flexibility index (Phi) is 21.2. The van der Waals surface area contributed by atoms with Gasteiger partial charge in [-0.1, -0.05) is 30.3 Å². The quantitative estimate of drug-likeness (QED) is 0.224. The molecule has 31 heavy (non-hydrogen) atoms. The predicted molar refractivity (Wildman–Crippen MR) is 118 cm³/mol. The van der Waals surface area contributed by atoms with Crippen LogP contribution in [0.1, 0.15) is 5.56 Å². The van der Waals surface area contributed by atoms with Crippen LogP contribution in [-0.4, -0.2) is 106 Å². The first kappa shape index (κ1) is 27.9. The molecule has 0 atom stereocenters. The van der Waals surface area contributed by atoms with Gasteiger partial charge in [0.1, 0.15) is 0 Å². The summed E-state index contributed by atoms with van der Waals surface area (Å²) in [7, 11) is 1.65. The Balaban J connectivity index is 1.65. The molecule has 0 aliphatic heterocycles. The number of ether oxygens (including phenoxy) is 8. The van der Waals surface area contributed by atoms with E-state index in [1.54, 1.807) is 7.11 Å². The van der Waals surface area contributed by atoms with Crippen molar-refractivity contribution >= 4 is 0 Å². The van der Waals surface area contributed by atoms with Gasteiger partial charge in [0.05, 0.1) is 99.1 Å². The molecule has 0 fully saturated rings. The van der Waals surface area contributed by atoms with Crippen LogP contribution >= 0.6 is 0 Å². The summed E-state index contributed by atoms with van der Waals surface area (Å²) in [5, 5.41) is 0. The van der Waals surface area contributed by atoms with Crippen molar-refractivity contribution in [1.82, 2.24) is 0 Å². The highest BCUT2D eigenvalue weighted by Crippen LogP contribution is 1.99. The normalized spacial score (nSPS) is 11.3. The van der Waals surface area contributed by atoms with Crippen molar-refractivity contribution in [2.24, 2.45) is 0 Å². The second-order valence-electron chi connectivity index (χ2n) is 6.52. The van der Waals surface area contributed by atoms with Crippen LogP contribution in [-0.2, 0) is 44.3 Å². The predicted octanol–water partition coefficient (Wildman–Crippen LogP) is 1.99. The Morgan fingerprint density at radius 3 is 1.10 bits per heavy atom. The minimum Gasteiger partial charge on any atom is -0.382 e. The smallest absolute Gasteiger partial charge is 0.0701 e. The molecule has 0 unspecified atom stereocenters. The van der Waals surface area contributed by atoms with Crippen LogP contribution < -0.4 is 0 Å². The largest absolute Gasteiger partial charge is 0.382 e. The fourth-order valence-corrected chi connectivity index (χ4v) is 2.40. The zero-order valence-corrected chi connectivity index (χ0v) is 19.0. The molecule has 0 saturated heterocycles. The van der Waals surface area contributed by atoms with Gasteiger partial charge >= 0.3 is 0 Å². The van der Waals surface area contributed by atoms with Gasteiger partial charge in [-0.3, -0.25) is 0 Å². The summed E-state index contributed by atoms with van der Waals surface area (Å²) in [6.45, 7) is 8.60. The molecule has 1 aromatic rings. The zero-order chi connectivity index (χ0) is 22.1. The maximum atomic E-state index is 5.56. The summed E-state index contributed by atoms with van der Waals surface area (Å²) in [5.74, 6) is 0. The van der Waals surface area contributed by atoms with E-state index in [0.29, 0.717) is 99.1 Å². The lowest BCUT2D eigenvalue weighted by Crippen LogP contribution is -2.15. The average Bonchev–Trinajstić information content (AvgIpc) is 2.80. The summed E-state index contributed by atoms with van der Waals surface area (Å²) in [5.41, 5.74) is 1.29. The van der Waals surface area contributed by atoms with E-state index in [2.05, 4.69) is 12.1 Å². The van der Waals surface area contributed by atoms with Crippen molar-refractivity contribution in [2.45, 2.75) is 6.42 Å². The maximum absolute atomic E-state index is 5.56. The van der Waals surface area contributed by atoms with Gasteiger partial charge in [-0.2, -0.15) is 0 Å². The molecular weight excluding hydrogens is 404 g/mol. The van der Waals surface area contributed by atoms with Crippen LogP contribution in [0.4, 0.5) is 0 Å². The molecule has 0 bridgehead atoms. The molecule has 1 aromatic carbocycles. The second kappa shape index (κ2) is 23.6. The van der Waals surface area contributed by atoms with Gasteiger partial charge in [0, 0.05) is 7.11 Å². The Morgan fingerprint density at radius 2 is 0.742 bits per heavy atom. The monoisotopic (exact) mass is 444 g/mol. The van der Waals surface area contributed by atoms with Crippen molar-refractivity contribution in [3.8, 4) is 0 Å². The summed E-state index contributed by atoms with van der Waals surface area (Å²) < 4.78 is 42.9. The van der Waals surface area contributed by atoms with E-state index in [9.17, 15) is 0 Å². The standard InChI is InChI=1S/C23H40O8/c1-24-9-10-26-13-14-28-17-18-30-21-22-31-20-19-29-16-15-27-12-11-25-8-7-23-5-3-2-4-6-23/h2-6H,7-22H2,1H3. The zero-order valence-electron chi connectivity index (χ0n) is 19.0. The van der Waals surface area contributed by atoms with Gasteiger partial charge < -0.3 is 37.9 Å². The molecule has 180 valence electrons. The van der Waals surface area contributed by atoms with Crippen molar-refractivity contribution < 1.29 is 37.9 Å². The molecule has 0 spiro atoms. The topological polar surface area (TPSA) is 73.8 Å². The Labute approximate surface area is 187 Å². The lowest BCUT2D eigenvalue weighted by molar-refractivity contribution is -0.0220. The lowest BCUT2D eigenvalue weighted by atomic mass is 10.2. The molecule has 0 aliphatic rings. The minimum atomic E-state index is 0.542. The van der Waals surface area contributed by atoms with Gasteiger partial charge in [-0.25, -0.2) is 0 Å². The molecule has 0 heterocycles. The van der Waals surface area contributed by atoms with Crippen molar-refractivity contribution in [3.05, 3.63) is 35.9 Å². The molecule has 0 aliphatic carbocycles. The second-order valence-corrected chi connectivity index (χ2v) is 6.52. The van der Waals surface area contributed by atoms with Crippen LogP contribution in [0.3, 0.4) is 0 Å². The summed E-state index contributed by atoms with van der Waals surface area (Å²) in [4.78, 5) is 0. The van der Waals surface area contributed by atoms with Crippen LogP contribution in [0.25, 0.3) is 0 Å². The number of methoxy groups -OCH3 is 1. The number of rotatable bonds is 24. The minimum absolute atomic E-state index is 0.542. The maximum Gasteiger partial charge on any atom is 0.0701 e. The first-order chi connectivity index (χ1) is 15.4. The average molecular weight is 445 g/mol. The van der Waals surface area contributed by atoms with Crippen LogP contribution in [0.5, 0.6) is 0 Å². The number of hydrogen-bond acceptors (Lipinski definition) is 8. The fraction of sp³-hybridized carbons (Fsp3) is 0.739. The third-order valence-electron chi connectivity index (χ3n) is 4.04. The SMILES string of the molecule is COCCOCCOCCOCCOCCOCCOCCOCCc1ccccc1. The Bertz CT molecular complexity index is 460. The molecule has 0 saturated carbocycles. The van der Waals surface area contributed by atoms with E-state index in [4.69, 9.17) is 37.9 Å². The summed E-state index contributed by atoms with van der Waals surface area (Å²) in [6.07, 6.45) is 0.924. The van der Waals surface area contributed by atoms with E-state index in [-0.39, 0.29) is 0 Å². The Morgan fingerprint density at radius 1 is 0.419 bits per heavy atom. The van der Waals surface area contributed by atoms with Crippen molar-refractivity contribution in [2.75, 3.05) is 106 Å². The number of hydrogen-bond donors (Lipinski definition) is 0. The van der Waals surface area contributed by atoms with Crippen LogP contribution in [0.2, 0.25) is 0 Å². The third-order valence-corrected chi connectivity index (χ3v) is 4.04. The van der Waals surface area contributed by atoms with E-state index in [1.165, 1.54) is 5.56 Å². The highest BCUT2D eigenvalue weighted by molar-refractivity contribution is 5.14. The van der Waals surface area contributed by atoms with Crippen molar-refractivity contribution in [1.29, 1.82) is 0 Å². The van der Waals surface area contributed by atoms with Crippen molar-refractivity contribution in [3.63, 3.8) is 0 Å². The fourth-order valence-electron chi connectivity index (χ4n) is 2.40. The summed E-state index contributed by atoms with van der Waals surface area (Å²) in [6, 6.07) is 10.3. The van der Waals surface area contributed by atoms with Crippen LogP contribution in [0, 0.1) is 0 Å². The molecule has 1 rings (SSSR count). The van der Waals surface area contributed by atoms with Gasteiger partial charge in [-0.05, 0) is 12.0 Å². The molecule has 0 N–H and O–H groups in total. The highest BCUT2D eigenvalue weighted by Gasteiger charge is 1.95. The first-order valence-corrected chi connectivity index (χ1v) is 11.0. The third kappa shape index (κ3) is 20.6. The molecule has 0 amide bonds. The van der Waals surface area contributed by atoms with Gasteiger partial charge in [0.25, 0.3) is 0 Å². The lowest BCUT2D eigenvalue weighted by Gasteiger charge is -2.08. The van der Waals surface area contributed by atoms with E-state index < -0.39 is 0 Å². The Hall–Kier alpha value is -1.10. The molecule has 0 aromatic heterocycles. The first-order valence-electron chi connectivity index (χ1n) is 11.0.